The summed E-state index contributed by atoms with van der Waals surface area (Å²) < 4.78 is 5.14. The van der Waals surface area contributed by atoms with Gasteiger partial charge < -0.3 is 20.3 Å². The fraction of sp³-hybridized carbons (Fsp3) is 0.188. The van der Waals surface area contributed by atoms with Gasteiger partial charge in [0, 0.05) is 11.3 Å². The highest BCUT2D eigenvalue weighted by molar-refractivity contribution is 5.88. The Bertz CT molecular complexity index is 654. The van der Waals surface area contributed by atoms with E-state index in [2.05, 4.69) is 5.32 Å². The van der Waals surface area contributed by atoms with Crippen LogP contribution >= 0.6 is 0 Å². The lowest BCUT2D eigenvalue weighted by Gasteiger charge is -2.18. The number of methoxy groups -OCH3 is 1. The zero-order valence-corrected chi connectivity index (χ0v) is 11.8. The molecule has 0 saturated carbocycles. The average Bonchev–Trinajstić information content (AvgIpc) is 2.48. The number of aromatic carboxylic acids is 1. The SMILES string of the molecule is COc1ccc(O)c(C(C)Nc2cccc(C(=O)O)c2)c1. The molecule has 0 aliphatic carbocycles. The molecule has 110 valence electrons. The monoisotopic (exact) mass is 287 g/mol. The summed E-state index contributed by atoms with van der Waals surface area (Å²) in [5, 5.41) is 22.1. The molecule has 0 aliphatic heterocycles. The molecule has 2 aromatic carbocycles. The predicted octanol–water partition coefficient (Wildman–Crippen LogP) is 3.27. The average molecular weight is 287 g/mol. The zero-order valence-electron chi connectivity index (χ0n) is 11.8. The summed E-state index contributed by atoms with van der Waals surface area (Å²) in [5.41, 5.74) is 1.56. The minimum absolute atomic E-state index is 0.158. The van der Waals surface area contributed by atoms with Gasteiger partial charge in [0.25, 0.3) is 0 Å². The molecule has 0 radical (unpaired) electrons. The van der Waals surface area contributed by atoms with Crippen LogP contribution in [0.1, 0.15) is 28.9 Å². The van der Waals surface area contributed by atoms with Crippen molar-refractivity contribution >= 4 is 11.7 Å². The number of aromatic hydroxyl groups is 1. The van der Waals surface area contributed by atoms with E-state index in [-0.39, 0.29) is 17.4 Å². The molecule has 21 heavy (non-hydrogen) atoms. The molecule has 0 saturated heterocycles. The second-order valence-electron chi connectivity index (χ2n) is 4.68. The number of benzene rings is 2. The van der Waals surface area contributed by atoms with E-state index < -0.39 is 5.97 Å². The number of rotatable bonds is 5. The van der Waals surface area contributed by atoms with Crippen molar-refractivity contribution in [3.63, 3.8) is 0 Å². The molecule has 1 unspecified atom stereocenters. The smallest absolute Gasteiger partial charge is 0.335 e. The van der Waals surface area contributed by atoms with E-state index >= 15 is 0 Å². The van der Waals surface area contributed by atoms with Gasteiger partial charge in [-0.05, 0) is 43.3 Å². The normalized spacial score (nSPS) is 11.7. The van der Waals surface area contributed by atoms with Crippen LogP contribution in [0, 0.1) is 0 Å². The third-order valence-corrected chi connectivity index (χ3v) is 3.19. The highest BCUT2D eigenvalue weighted by Crippen LogP contribution is 2.30. The van der Waals surface area contributed by atoms with Gasteiger partial charge in [0.05, 0.1) is 18.7 Å². The van der Waals surface area contributed by atoms with Crippen molar-refractivity contribution in [1.82, 2.24) is 0 Å². The Kier molecular flexibility index (Phi) is 4.33. The molecule has 5 heteroatoms. The second kappa shape index (κ2) is 6.17. The molecule has 0 heterocycles. The number of nitrogens with one attached hydrogen (secondary N) is 1. The summed E-state index contributed by atoms with van der Waals surface area (Å²) >= 11 is 0. The fourth-order valence-corrected chi connectivity index (χ4v) is 2.08. The van der Waals surface area contributed by atoms with Crippen LogP contribution in [0.4, 0.5) is 5.69 Å². The Morgan fingerprint density at radius 2 is 2.00 bits per heavy atom. The summed E-state index contributed by atoms with van der Waals surface area (Å²) in [6, 6.07) is 11.3. The first-order valence-corrected chi connectivity index (χ1v) is 6.48. The van der Waals surface area contributed by atoms with Crippen LogP contribution in [0.3, 0.4) is 0 Å². The Morgan fingerprint density at radius 1 is 1.24 bits per heavy atom. The number of carboxylic acid groups (broad SMARTS) is 1. The molecule has 0 aromatic heterocycles. The number of carboxylic acids is 1. The highest BCUT2D eigenvalue weighted by Gasteiger charge is 2.12. The van der Waals surface area contributed by atoms with E-state index in [0.29, 0.717) is 17.0 Å². The van der Waals surface area contributed by atoms with Crippen LogP contribution in [0.5, 0.6) is 11.5 Å². The largest absolute Gasteiger partial charge is 0.508 e. The molecule has 0 spiro atoms. The molecule has 2 aromatic rings. The van der Waals surface area contributed by atoms with E-state index in [1.807, 2.05) is 6.92 Å². The summed E-state index contributed by atoms with van der Waals surface area (Å²) in [4.78, 5) is 11.0. The molecule has 0 fully saturated rings. The second-order valence-corrected chi connectivity index (χ2v) is 4.68. The van der Waals surface area contributed by atoms with Gasteiger partial charge in [-0.3, -0.25) is 0 Å². The van der Waals surface area contributed by atoms with Gasteiger partial charge in [0.15, 0.2) is 0 Å². The number of hydrogen-bond donors (Lipinski definition) is 3. The van der Waals surface area contributed by atoms with Crippen molar-refractivity contribution in [2.24, 2.45) is 0 Å². The maximum atomic E-state index is 11.0. The van der Waals surface area contributed by atoms with Crippen LogP contribution in [-0.2, 0) is 0 Å². The van der Waals surface area contributed by atoms with Gasteiger partial charge in [0.1, 0.15) is 11.5 Å². The molecule has 2 rings (SSSR count). The zero-order chi connectivity index (χ0) is 15.4. The van der Waals surface area contributed by atoms with Crippen molar-refractivity contribution in [2.75, 3.05) is 12.4 Å². The topological polar surface area (TPSA) is 78.8 Å². The van der Waals surface area contributed by atoms with E-state index in [1.165, 1.54) is 6.07 Å². The van der Waals surface area contributed by atoms with Crippen LogP contribution in [0.25, 0.3) is 0 Å². The molecule has 0 aliphatic rings. The number of hydrogen-bond acceptors (Lipinski definition) is 4. The lowest BCUT2D eigenvalue weighted by Crippen LogP contribution is -2.08. The van der Waals surface area contributed by atoms with Crippen LogP contribution in [0.15, 0.2) is 42.5 Å². The van der Waals surface area contributed by atoms with Gasteiger partial charge >= 0.3 is 5.97 Å². The third-order valence-electron chi connectivity index (χ3n) is 3.19. The Hall–Kier alpha value is -2.69. The number of phenols is 1. The predicted molar refractivity (Wildman–Crippen MR) is 80.1 cm³/mol. The van der Waals surface area contributed by atoms with Crippen molar-refractivity contribution < 1.29 is 19.7 Å². The quantitative estimate of drug-likeness (QED) is 0.786. The maximum absolute atomic E-state index is 11.0. The van der Waals surface area contributed by atoms with E-state index in [9.17, 15) is 9.90 Å². The van der Waals surface area contributed by atoms with E-state index in [4.69, 9.17) is 9.84 Å². The Morgan fingerprint density at radius 3 is 2.67 bits per heavy atom. The Balaban J connectivity index is 2.23. The minimum atomic E-state index is -0.976. The minimum Gasteiger partial charge on any atom is -0.508 e. The summed E-state index contributed by atoms with van der Waals surface area (Å²) in [6.45, 7) is 1.88. The van der Waals surface area contributed by atoms with E-state index in [0.717, 1.165) is 0 Å². The first kappa shape index (κ1) is 14.7. The molecular weight excluding hydrogens is 270 g/mol. The van der Waals surface area contributed by atoms with Crippen LogP contribution in [0.2, 0.25) is 0 Å². The lowest BCUT2D eigenvalue weighted by atomic mass is 10.1. The van der Waals surface area contributed by atoms with Crippen LogP contribution < -0.4 is 10.1 Å². The standard InChI is InChI=1S/C16H17NO4/c1-10(14-9-13(21-2)6-7-15(14)18)17-12-5-3-4-11(8-12)16(19)20/h3-10,17-18H,1-2H3,(H,19,20). The molecule has 3 N–H and O–H groups in total. The number of carbonyl (C=O) groups is 1. The van der Waals surface area contributed by atoms with Gasteiger partial charge in [-0.25, -0.2) is 4.79 Å². The molecule has 0 bridgehead atoms. The molecule has 0 amide bonds. The summed E-state index contributed by atoms with van der Waals surface area (Å²) in [7, 11) is 1.56. The Labute approximate surface area is 122 Å². The van der Waals surface area contributed by atoms with E-state index in [1.54, 1.807) is 43.5 Å². The maximum Gasteiger partial charge on any atom is 0.335 e. The number of ether oxygens (including phenoxy) is 1. The lowest BCUT2D eigenvalue weighted by molar-refractivity contribution is 0.0697. The molecule has 1 atom stereocenters. The highest BCUT2D eigenvalue weighted by atomic mass is 16.5. The van der Waals surface area contributed by atoms with Crippen molar-refractivity contribution in [3.8, 4) is 11.5 Å². The molecule has 5 nitrogen and oxygen atoms in total. The van der Waals surface area contributed by atoms with Crippen molar-refractivity contribution in [3.05, 3.63) is 53.6 Å². The van der Waals surface area contributed by atoms with Gasteiger partial charge in [0.2, 0.25) is 0 Å². The van der Waals surface area contributed by atoms with Gasteiger partial charge in [-0.1, -0.05) is 6.07 Å². The molecular formula is C16H17NO4. The van der Waals surface area contributed by atoms with Gasteiger partial charge in [-0.2, -0.15) is 0 Å². The van der Waals surface area contributed by atoms with Gasteiger partial charge in [-0.15, -0.1) is 0 Å². The van der Waals surface area contributed by atoms with Crippen molar-refractivity contribution in [2.45, 2.75) is 13.0 Å². The third kappa shape index (κ3) is 3.45. The van der Waals surface area contributed by atoms with Crippen molar-refractivity contribution in [1.29, 1.82) is 0 Å². The first-order chi connectivity index (χ1) is 10.0. The first-order valence-electron chi connectivity index (χ1n) is 6.48. The number of anilines is 1. The van der Waals surface area contributed by atoms with Crippen LogP contribution in [-0.4, -0.2) is 23.3 Å². The number of phenolic OH excluding ortho intramolecular Hbond substituents is 1. The fourth-order valence-electron chi connectivity index (χ4n) is 2.08. The summed E-state index contributed by atoms with van der Waals surface area (Å²) in [5.74, 6) is -0.170. The summed E-state index contributed by atoms with van der Waals surface area (Å²) in [6.07, 6.45) is 0.